The van der Waals surface area contributed by atoms with E-state index >= 15 is 0 Å². The van der Waals surface area contributed by atoms with Crippen LogP contribution in [0.1, 0.15) is 149 Å². The number of likely N-dealkylation sites (N-methyl/N-ethyl adjacent to an activating group) is 1. The second kappa shape index (κ2) is 32.4. The third-order valence-electron chi connectivity index (χ3n) is 8.24. The van der Waals surface area contributed by atoms with Crippen LogP contribution in [0.15, 0.2) is 48.6 Å². The summed E-state index contributed by atoms with van der Waals surface area (Å²) in [4.78, 5) is 25.1. The first kappa shape index (κ1) is 47.5. The van der Waals surface area contributed by atoms with Gasteiger partial charge >= 0.3 is 0 Å². The molecular weight excluding hydrogens is 635 g/mol. The van der Waals surface area contributed by atoms with E-state index < -0.39 is 26.6 Å². The lowest BCUT2D eigenvalue weighted by molar-refractivity contribution is -0.870. The first-order chi connectivity index (χ1) is 23.5. The third-order valence-corrected chi connectivity index (χ3v) is 9.20. The Kier molecular flexibility index (Phi) is 31.4. The number of phosphoric acid groups is 1. The van der Waals surface area contributed by atoms with E-state index in [1.807, 2.05) is 27.2 Å². The number of nitrogens with one attached hydrogen (secondary N) is 1. The van der Waals surface area contributed by atoms with Crippen LogP contribution in [0.3, 0.4) is 0 Å². The number of hydrogen-bond donors (Lipinski definition) is 2. The van der Waals surface area contributed by atoms with Crippen LogP contribution in [0.2, 0.25) is 0 Å². The summed E-state index contributed by atoms with van der Waals surface area (Å²) in [6.07, 6.45) is 38.8. The van der Waals surface area contributed by atoms with Crippen molar-refractivity contribution in [2.75, 3.05) is 40.9 Å². The molecule has 9 heteroatoms. The lowest BCUT2D eigenvalue weighted by Crippen LogP contribution is -2.45. The molecule has 0 saturated carbocycles. The number of hydrogen-bond acceptors (Lipinski definition) is 6. The minimum atomic E-state index is -4.59. The Hall–Kier alpha value is -1.54. The summed E-state index contributed by atoms with van der Waals surface area (Å²) in [5, 5.41) is 13.7. The molecule has 8 nitrogen and oxygen atoms in total. The van der Waals surface area contributed by atoms with E-state index in [9.17, 15) is 19.4 Å². The number of quaternary nitrogens is 1. The van der Waals surface area contributed by atoms with Crippen molar-refractivity contribution in [2.45, 2.75) is 161 Å². The normalized spacial score (nSPS) is 15.2. The molecule has 0 rings (SSSR count). The number of unbranched alkanes of at least 4 members (excludes halogenated alkanes) is 15. The van der Waals surface area contributed by atoms with Crippen LogP contribution < -0.4 is 10.2 Å². The molecule has 0 aliphatic rings. The van der Waals surface area contributed by atoms with Crippen molar-refractivity contribution in [3.05, 3.63) is 48.6 Å². The van der Waals surface area contributed by atoms with E-state index in [-0.39, 0.29) is 12.5 Å². The highest BCUT2D eigenvalue weighted by Crippen LogP contribution is 2.38. The van der Waals surface area contributed by atoms with Crippen LogP contribution in [0.4, 0.5) is 0 Å². The van der Waals surface area contributed by atoms with Gasteiger partial charge in [0.1, 0.15) is 13.2 Å². The first-order valence-electron chi connectivity index (χ1n) is 19.5. The topological polar surface area (TPSA) is 108 Å². The van der Waals surface area contributed by atoms with Gasteiger partial charge in [-0.05, 0) is 64.2 Å². The average Bonchev–Trinajstić information content (AvgIpc) is 3.04. The Morgan fingerprint density at radius 3 is 1.71 bits per heavy atom. The Morgan fingerprint density at radius 1 is 0.694 bits per heavy atom. The maximum Gasteiger partial charge on any atom is 0.268 e. The molecule has 286 valence electrons. The van der Waals surface area contributed by atoms with E-state index in [2.05, 4.69) is 55.6 Å². The molecule has 0 aromatic carbocycles. The quantitative estimate of drug-likeness (QED) is 0.0298. The van der Waals surface area contributed by atoms with Crippen LogP contribution in [0, 0.1) is 0 Å². The molecule has 2 N–H and O–H groups in total. The average molecular weight is 711 g/mol. The van der Waals surface area contributed by atoms with Crippen molar-refractivity contribution in [1.29, 1.82) is 0 Å². The Morgan fingerprint density at radius 2 is 1.16 bits per heavy atom. The number of aliphatic hydroxyl groups excluding tert-OH is 1. The molecule has 0 bridgehead atoms. The van der Waals surface area contributed by atoms with Crippen molar-refractivity contribution in [3.63, 3.8) is 0 Å². The number of nitrogens with zero attached hydrogens (tertiary/aromatic N) is 1. The monoisotopic (exact) mass is 711 g/mol. The van der Waals surface area contributed by atoms with E-state index in [1.54, 1.807) is 6.08 Å². The van der Waals surface area contributed by atoms with Crippen molar-refractivity contribution in [2.24, 2.45) is 0 Å². The molecule has 0 spiro atoms. The molecule has 3 unspecified atom stereocenters. The molecule has 0 aliphatic carbocycles. The fourth-order valence-corrected chi connectivity index (χ4v) is 5.77. The Bertz CT molecular complexity index is 944. The summed E-state index contributed by atoms with van der Waals surface area (Å²) < 4.78 is 23.0. The molecule has 49 heavy (non-hydrogen) atoms. The van der Waals surface area contributed by atoms with Crippen LogP contribution in [0.25, 0.3) is 0 Å². The number of rotatable bonds is 34. The Labute approximate surface area is 301 Å². The molecule has 0 aliphatic heterocycles. The second-order valence-corrected chi connectivity index (χ2v) is 15.7. The summed E-state index contributed by atoms with van der Waals surface area (Å²) in [6, 6.07) is -0.912. The molecule has 0 saturated heterocycles. The van der Waals surface area contributed by atoms with Crippen LogP contribution in [0.5, 0.6) is 0 Å². The lowest BCUT2D eigenvalue weighted by Gasteiger charge is -2.29. The van der Waals surface area contributed by atoms with Gasteiger partial charge in [-0.3, -0.25) is 9.36 Å². The number of aliphatic hydroxyl groups is 1. The first-order valence-corrected chi connectivity index (χ1v) is 21.0. The summed E-state index contributed by atoms with van der Waals surface area (Å²) in [5.41, 5.74) is 0. The minimum absolute atomic E-state index is 0.0125. The summed E-state index contributed by atoms with van der Waals surface area (Å²) >= 11 is 0. The number of amides is 1. The fourth-order valence-electron chi connectivity index (χ4n) is 5.04. The predicted molar refractivity (Wildman–Crippen MR) is 205 cm³/mol. The highest BCUT2D eigenvalue weighted by atomic mass is 31.2. The molecule has 0 aromatic heterocycles. The van der Waals surface area contributed by atoms with Gasteiger partial charge in [-0.25, -0.2) is 0 Å². The van der Waals surface area contributed by atoms with Crippen molar-refractivity contribution >= 4 is 13.7 Å². The van der Waals surface area contributed by atoms with E-state index in [1.165, 1.54) is 64.2 Å². The van der Waals surface area contributed by atoms with Gasteiger partial charge in [-0.1, -0.05) is 127 Å². The van der Waals surface area contributed by atoms with E-state index in [0.717, 1.165) is 64.2 Å². The van der Waals surface area contributed by atoms with Crippen molar-refractivity contribution in [1.82, 2.24) is 5.32 Å². The van der Waals surface area contributed by atoms with Gasteiger partial charge in [0, 0.05) is 6.42 Å². The van der Waals surface area contributed by atoms with Gasteiger partial charge in [0.25, 0.3) is 7.82 Å². The number of carbonyl (C=O) groups is 1. The number of phosphoric ester groups is 1. The summed E-state index contributed by atoms with van der Waals surface area (Å²) in [7, 11) is 1.22. The molecule has 0 radical (unpaired) electrons. The van der Waals surface area contributed by atoms with Gasteiger partial charge in [-0.2, -0.15) is 0 Å². The smallest absolute Gasteiger partial charge is 0.268 e. The largest absolute Gasteiger partial charge is 0.756 e. The highest BCUT2D eigenvalue weighted by Gasteiger charge is 2.23. The molecule has 1 amide bonds. The molecular formula is C40H75N2O6P. The second-order valence-electron chi connectivity index (χ2n) is 14.3. The van der Waals surface area contributed by atoms with E-state index in [4.69, 9.17) is 9.05 Å². The lowest BCUT2D eigenvalue weighted by atomic mass is 10.1. The Balaban J connectivity index is 4.62. The maximum absolute atomic E-state index is 12.7. The standard InChI is InChI=1S/C40H75N2O6P/c1-6-8-10-12-14-16-18-19-20-21-22-23-24-25-27-29-31-33-39(43)38(37-48-49(45,46)47-36-35-42(3,4)5)41-40(44)34-32-30-28-26-17-15-13-11-9-7-2/h13,15,20-21,24-25,31,33,38-39,43H,6-12,14,16-19,22-23,26-30,32,34-37H2,1-5H3,(H-,41,44,45,46)/b15-13-,21-20+,25-24+,33-31+. The van der Waals surface area contributed by atoms with Crippen molar-refractivity contribution < 1.29 is 32.9 Å². The molecule has 0 aromatic rings. The number of allylic oxidation sites excluding steroid dienone is 7. The third kappa shape index (κ3) is 34.7. The highest BCUT2D eigenvalue weighted by molar-refractivity contribution is 7.45. The summed E-state index contributed by atoms with van der Waals surface area (Å²) in [5.74, 6) is -0.230. The SMILES string of the molecule is CCCC/C=C\CCCCCCC(=O)NC(COP(=O)([O-])OCC[N+](C)(C)C)C(O)/C=C/CC/C=C/CC/C=C/CCCCCCCCC. The summed E-state index contributed by atoms with van der Waals surface area (Å²) in [6.45, 7) is 4.52. The minimum Gasteiger partial charge on any atom is -0.756 e. The molecule has 0 heterocycles. The fraction of sp³-hybridized carbons (Fsp3) is 0.775. The number of carbonyl (C=O) groups excluding carboxylic acids is 1. The predicted octanol–water partition coefficient (Wildman–Crippen LogP) is 9.50. The van der Waals surface area contributed by atoms with Crippen LogP contribution >= 0.6 is 7.82 Å². The van der Waals surface area contributed by atoms with Gasteiger partial charge in [-0.15, -0.1) is 0 Å². The van der Waals surface area contributed by atoms with Crippen molar-refractivity contribution in [3.8, 4) is 0 Å². The van der Waals surface area contributed by atoms with Gasteiger partial charge < -0.3 is 28.8 Å². The molecule has 3 atom stereocenters. The van der Waals surface area contributed by atoms with Gasteiger partial charge in [0.15, 0.2) is 0 Å². The van der Waals surface area contributed by atoms with E-state index in [0.29, 0.717) is 17.4 Å². The van der Waals surface area contributed by atoms with Gasteiger partial charge in [0.2, 0.25) is 5.91 Å². The zero-order chi connectivity index (χ0) is 36.5. The zero-order valence-electron chi connectivity index (χ0n) is 32.1. The van der Waals surface area contributed by atoms with Crippen LogP contribution in [-0.4, -0.2) is 68.5 Å². The zero-order valence-corrected chi connectivity index (χ0v) is 33.0. The maximum atomic E-state index is 12.7. The van der Waals surface area contributed by atoms with Crippen LogP contribution in [-0.2, 0) is 18.4 Å². The molecule has 0 fully saturated rings. The van der Waals surface area contributed by atoms with Gasteiger partial charge in [0.05, 0.1) is 39.9 Å².